The van der Waals surface area contributed by atoms with Crippen LogP contribution in [0.25, 0.3) is 11.0 Å². The van der Waals surface area contributed by atoms with E-state index in [1.54, 1.807) is 6.07 Å². The Bertz CT molecular complexity index is 944. The number of nitrogens with zero attached hydrogens (tertiary/aromatic N) is 2. The number of piperidine rings is 1. The van der Waals surface area contributed by atoms with E-state index in [9.17, 15) is 4.79 Å². The molecule has 2 aromatic heterocycles. The number of benzene rings is 1. The Labute approximate surface area is 161 Å². The number of rotatable bonds is 4. The zero-order valence-corrected chi connectivity index (χ0v) is 16.1. The molecule has 0 atom stereocenters. The molecule has 1 aliphatic heterocycles. The molecule has 1 fully saturated rings. The van der Waals surface area contributed by atoms with E-state index in [-0.39, 0.29) is 11.7 Å². The molecule has 4 rings (SSSR count). The highest BCUT2D eigenvalue weighted by Crippen LogP contribution is 2.31. The molecule has 26 heavy (non-hydrogen) atoms. The zero-order chi connectivity index (χ0) is 18.1. The molecular formula is C19H20ClN3O2S. The number of para-hydroxylation sites is 1. The van der Waals surface area contributed by atoms with E-state index >= 15 is 0 Å². The molecule has 0 spiro atoms. The van der Waals surface area contributed by atoms with Gasteiger partial charge in [-0.15, -0.1) is 11.3 Å². The van der Waals surface area contributed by atoms with Crippen molar-refractivity contribution in [1.29, 1.82) is 0 Å². The predicted octanol–water partition coefficient (Wildman–Crippen LogP) is 5.09. The number of hydrogen-bond donors (Lipinski definition) is 1. The summed E-state index contributed by atoms with van der Waals surface area (Å²) < 4.78 is 5.72. The van der Waals surface area contributed by atoms with Gasteiger partial charge in [0.2, 0.25) is 0 Å². The molecular weight excluding hydrogens is 370 g/mol. The first-order valence-electron chi connectivity index (χ1n) is 8.77. The summed E-state index contributed by atoms with van der Waals surface area (Å²) in [5.41, 5.74) is 2.32. The maximum absolute atomic E-state index is 12.6. The van der Waals surface area contributed by atoms with E-state index < -0.39 is 0 Å². The third kappa shape index (κ3) is 3.49. The van der Waals surface area contributed by atoms with E-state index in [0.29, 0.717) is 15.7 Å². The van der Waals surface area contributed by atoms with Crippen LogP contribution in [0.15, 0.2) is 28.0 Å². The molecule has 1 aromatic carbocycles. The van der Waals surface area contributed by atoms with E-state index in [2.05, 4.69) is 15.2 Å². The summed E-state index contributed by atoms with van der Waals surface area (Å²) in [6.45, 7) is 4.95. The Morgan fingerprint density at radius 3 is 2.92 bits per heavy atom. The van der Waals surface area contributed by atoms with Gasteiger partial charge in [-0.25, -0.2) is 4.98 Å². The van der Waals surface area contributed by atoms with E-state index in [4.69, 9.17) is 16.0 Å². The lowest BCUT2D eigenvalue weighted by Gasteiger charge is -2.25. The molecule has 0 radical (unpaired) electrons. The first kappa shape index (κ1) is 17.5. The lowest BCUT2D eigenvalue weighted by atomic mass is 10.1. The van der Waals surface area contributed by atoms with Crippen molar-refractivity contribution in [2.75, 3.05) is 18.4 Å². The number of hydrogen-bond acceptors (Lipinski definition) is 5. The van der Waals surface area contributed by atoms with Crippen molar-refractivity contribution in [1.82, 2.24) is 9.88 Å². The number of aromatic nitrogens is 1. The Hall–Kier alpha value is -1.89. The average molecular weight is 390 g/mol. The van der Waals surface area contributed by atoms with Crippen LogP contribution < -0.4 is 5.32 Å². The molecule has 5 nitrogen and oxygen atoms in total. The minimum absolute atomic E-state index is 0.279. The van der Waals surface area contributed by atoms with E-state index in [0.717, 1.165) is 36.3 Å². The Kier molecular flexibility index (Phi) is 4.98. The summed E-state index contributed by atoms with van der Waals surface area (Å²) in [5, 5.41) is 6.80. The minimum atomic E-state index is -0.298. The number of carbonyl (C=O) groups is 1. The Morgan fingerprint density at radius 1 is 1.35 bits per heavy atom. The normalized spacial score (nSPS) is 15.5. The van der Waals surface area contributed by atoms with E-state index in [1.807, 2.05) is 24.4 Å². The second-order valence-corrected chi connectivity index (χ2v) is 7.87. The molecule has 136 valence electrons. The van der Waals surface area contributed by atoms with Gasteiger partial charge < -0.3 is 4.42 Å². The van der Waals surface area contributed by atoms with Crippen molar-refractivity contribution in [3.8, 4) is 0 Å². The third-order valence-electron chi connectivity index (χ3n) is 4.73. The molecule has 1 amide bonds. The summed E-state index contributed by atoms with van der Waals surface area (Å²) in [4.78, 5) is 19.6. The van der Waals surface area contributed by atoms with Gasteiger partial charge in [-0.1, -0.05) is 30.2 Å². The lowest BCUT2D eigenvalue weighted by Crippen LogP contribution is -2.29. The number of furan rings is 1. The molecule has 1 aliphatic rings. The number of nitrogens with one attached hydrogen (secondary N) is 1. The fraction of sp³-hybridized carbons (Fsp3) is 0.368. The SMILES string of the molecule is Cc1c(C(=O)Nc2nc(CN3CCCCC3)cs2)oc2c(Cl)cccc12. The molecule has 3 aromatic rings. The number of amides is 1. The molecule has 1 N–H and O–H groups in total. The van der Waals surface area contributed by atoms with Crippen LogP contribution in [0.5, 0.6) is 0 Å². The van der Waals surface area contributed by atoms with Crippen molar-refractivity contribution in [3.63, 3.8) is 0 Å². The van der Waals surface area contributed by atoms with Crippen molar-refractivity contribution >= 4 is 44.9 Å². The van der Waals surface area contributed by atoms with Crippen LogP contribution in [-0.2, 0) is 6.54 Å². The summed E-state index contributed by atoms with van der Waals surface area (Å²) in [6, 6.07) is 5.50. The summed E-state index contributed by atoms with van der Waals surface area (Å²) in [5.74, 6) is -0.0190. The van der Waals surface area contributed by atoms with Crippen molar-refractivity contribution < 1.29 is 9.21 Å². The van der Waals surface area contributed by atoms with Crippen LogP contribution in [0.3, 0.4) is 0 Å². The average Bonchev–Trinajstić information content (AvgIpc) is 3.21. The highest BCUT2D eigenvalue weighted by molar-refractivity contribution is 7.14. The largest absolute Gasteiger partial charge is 0.449 e. The predicted molar refractivity (Wildman–Crippen MR) is 105 cm³/mol. The van der Waals surface area contributed by atoms with Crippen LogP contribution in [0.4, 0.5) is 5.13 Å². The molecule has 1 saturated heterocycles. The van der Waals surface area contributed by atoms with Crippen LogP contribution >= 0.6 is 22.9 Å². The number of carbonyl (C=O) groups excluding carboxylic acids is 1. The number of aryl methyl sites for hydroxylation is 1. The number of thiazole rings is 1. The second-order valence-electron chi connectivity index (χ2n) is 6.61. The summed E-state index contributed by atoms with van der Waals surface area (Å²) in [6.07, 6.45) is 3.82. The van der Waals surface area contributed by atoms with Crippen molar-refractivity contribution in [2.24, 2.45) is 0 Å². The first-order chi connectivity index (χ1) is 12.6. The van der Waals surface area contributed by atoms with Gasteiger partial charge >= 0.3 is 0 Å². The number of likely N-dealkylation sites (tertiary alicyclic amines) is 1. The topological polar surface area (TPSA) is 58.4 Å². The fourth-order valence-corrected chi connectivity index (χ4v) is 4.27. The van der Waals surface area contributed by atoms with Gasteiger partial charge in [0.1, 0.15) is 0 Å². The van der Waals surface area contributed by atoms with Gasteiger partial charge in [-0.05, 0) is 38.9 Å². The third-order valence-corrected chi connectivity index (χ3v) is 5.83. The van der Waals surface area contributed by atoms with Crippen LogP contribution in [0.2, 0.25) is 5.02 Å². The monoisotopic (exact) mass is 389 g/mol. The highest BCUT2D eigenvalue weighted by atomic mass is 35.5. The van der Waals surface area contributed by atoms with Gasteiger partial charge in [-0.2, -0.15) is 0 Å². The number of halogens is 1. The summed E-state index contributed by atoms with van der Waals surface area (Å²) in [7, 11) is 0. The minimum Gasteiger partial charge on any atom is -0.449 e. The quantitative estimate of drug-likeness (QED) is 0.675. The fourth-order valence-electron chi connectivity index (χ4n) is 3.36. The first-order valence-corrected chi connectivity index (χ1v) is 10.0. The van der Waals surface area contributed by atoms with Gasteiger partial charge in [0.05, 0.1) is 10.7 Å². The number of anilines is 1. The Balaban J connectivity index is 1.48. The van der Waals surface area contributed by atoms with E-state index in [1.165, 1.54) is 30.6 Å². The van der Waals surface area contributed by atoms with Crippen LogP contribution in [0.1, 0.15) is 41.1 Å². The zero-order valence-electron chi connectivity index (χ0n) is 14.5. The lowest BCUT2D eigenvalue weighted by molar-refractivity contribution is 0.0998. The van der Waals surface area contributed by atoms with Gasteiger partial charge in [0.15, 0.2) is 16.5 Å². The molecule has 0 saturated carbocycles. The molecule has 0 bridgehead atoms. The molecule has 3 heterocycles. The van der Waals surface area contributed by atoms with Gasteiger partial charge in [-0.3, -0.25) is 15.0 Å². The smallest absolute Gasteiger partial charge is 0.293 e. The maximum Gasteiger partial charge on any atom is 0.293 e. The number of fused-ring (bicyclic) bond motifs is 1. The van der Waals surface area contributed by atoms with Crippen molar-refractivity contribution in [2.45, 2.75) is 32.7 Å². The molecule has 0 unspecified atom stereocenters. The highest BCUT2D eigenvalue weighted by Gasteiger charge is 2.20. The second kappa shape index (κ2) is 7.39. The van der Waals surface area contributed by atoms with Crippen LogP contribution in [-0.4, -0.2) is 28.9 Å². The maximum atomic E-state index is 12.6. The van der Waals surface area contributed by atoms with Gasteiger partial charge in [0.25, 0.3) is 5.91 Å². The van der Waals surface area contributed by atoms with Crippen molar-refractivity contribution in [3.05, 3.63) is 45.6 Å². The van der Waals surface area contributed by atoms with Crippen LogP contribution in [0, 0.1) is 6.92 Å². The molecule has 0 aliphatic carbocycles. The van der Waals surface area contributed by atoms with Gasteiger partial charge in [0, 0.05) is 22.9 Å². The Morgan fingerprint density at radius 2 is 2.15 bits per heavy atom. The molecule has 7 heteroatoms. The summed E-state index contributed by atoms with van der Waals surface area (Å²) >= 11 is 7.60. The standard InChI is InChI=1S/C19H20ClN3O2S/c1-12-14-6-5-7-15(20)17(14)25-16(12)18(24)22-19-21-13(11-26-19)10-23-8-3-2-4-9-23/h5-7,11H,2-4,8-10H2,1H3,(H,21,22,24).